The van der Waals surface area contributed by atoms with Crippen LogP contribution in [0.3, 0.4) is 0 Å². The minimum absolute atomic E-state index is 0.0695. The molecule has 4 N–H and O–H groups in total. The van der Waals surface area contributed by atoms with Crippen molar-refractivity contribution in [3.8, 4) is 0 Å². The highest BCUT2D eigenvalue weighted by molar-refractivity contribution is 7.92. The van der Waals surface area contributed by atoms with E-state index in [4.69, 9.17) is 11.1 Å². The van der Waals surface area contributed by atoms with Gasteiger partial charge in [-0.05, 0) is 42.8 Å². The number of halogens is 1. The molecular weight excluding hydrogens is 293 g/mol. The van der Waals surface area contributed by atoms with Crippen molar-refractivity contribution in [1.82, 2.24) is 0 Å². The normalized spacial score (nSPS) is 11.1. The molecule has 0 fully saturated rings. The standard InChI is InChI=1S/C14H14FN3O2S/c1-9-3-2-4-12(13(9)14(16)17)18-21(19,20)11-7-5-10(15)6-8-11/h2-8,18H,1H3,(H3,16,17). The average molecular weight is 307 g/mol. The molecule has 0 saturated heterocycles. The number of nitrogens with two attached hydrogens (primary N) is 1. The summed E-state index contributed by atoms with van der Waals surface area (Å²) in [6, 6.07) is 9.37. The van der Waals surface area contributed by atoms with Gasteiger partial charge in [-0.15, -0.1) is 0 Å². The van der Waals surface area contributed by atoms with Gasteiger partial charge in [0.25, 0.3) is 10.0 Å². The summed E-state index contributed by atoms with van der Waals surface area (Å²) in [5, 5.41) is 7.55. The first-order valence-corrected chi connectivity index (χ1v) is 7.52. The summed E-state index contributed by atoms with van der Waals surface area (Å²) in [5.74, 6) is -0.751. The Labute approximate surface area is 122 Å². The summed E-state index contributed by atoms with van der Waals surface area (Å²) in [6.07, 6.45) is 0. The number of hydrogen-bond acceptors (Lipinski definition) is 3. The van der Waals surface area contributed by atoms with E-state index in [9.17, 15) is 12.8 Å². The Morgan fingerprint density at radius 2 is 1.81 bits per heavy atom. The molecule has 0 spiro atoms. The molecule has 0 amide bonds. The van der Waals surface area contributed by atoms with Crippen molar-refractivity contribution in [3.05, 3.63) is 59.4 Å². The van der Waals surface area contributed by atoms with Gasteiger partial charge in [-0.2, -0.15) is 0 Å². The fraction of sp³-hybridized carbons (Fsp3) is 0.0714. The van der Waals surface area contributed by atoms with Gasteiger partial charge in [0.05, 0.1) is 10.6 Å². The molecule has 0 unspecified atom stereocenters. The van der Waals surface area contributed by atoms with Crippen LogP contribution >= 0.6 is 0 Å². The smallest absolute Gasteiger partial charge is 0.261 e. The third-order valence-electron chi connectivity index (χ3n) is 2.91. The van der Waals surface area contributed by atoms with Crippen LogP contribution in [0, 0.1) is 18.2 Å². The van der Waals surface area contributed by atoms with E-state index >= 15 is 0 Å². The highest BCUT2D eigenvalue weighted by Gasteiger charge is 2.17. The van der Waals surface area contributed by atoms with Crippen LogP contribution in [0.25, 0.3) is 0 Å². The van der Waals surface area contributed by atoms with Crippen molar-refractivity contribution in [2.24, 2.45) is 5.73 Å². The van der Waals surface area contributed by atoms with Crippen LogP contribution < -0.4 is 10.5 Å². The van der Waals surface area contributed by atoms with E-state index in [0.29, 0.717) is 11.1 Å². The van der Waals surface area contributed by atoms with Crippen molar-refractivity contribution < 1.29 is 12.8 Å². The van der Waals surface area contributed by atoms with E-state index < -0.39 is 15.8 Å². The maximum atomic E-state index is 12.9. The third kappa shape index (κ3) is 3.19. The zero-order valence-electron chi connectivity index (χ0n) is 11.2. The minimum Gasteiger partial charge on any atom is -0.384 e. The summed E-state index contributed by atoms with van der Waals surface area (Å²) in [6.45, 7) is 1.73. The molecule has 0 bridgehead atoms. The monoisotopic (exact) mass is 307 g/mol. The second kappa shape index (κ2) is 5.53. The van der Waals surface area contributed by atoms with Crippen LogP contribution in [-0.4, -0.2) is 14.3 Å². The molecular formula is C14H14FN3O2S. The summed E-state index contributed by atoms with van der Waals surface area (Å²) < 4.78 is 39.7. The molecule has 2 aromatic carbocycles. The van der Waals surface area contributed by atoms with Gasteiger partial charge in [0.2, 0.25) is 0 Å². The van der Waals surface area contributed by atoms with Gasteiger partial charge < -0.3 is 5.73 Å². The van der Waals surface area contributed by atoms with Gasteiger partial charge in [0.15, 0.2) is 0 Å². The van der Waals surface area contributed by atoms with E-state index in [1.165, 1.54) is 18.2 Å². The lowest BCUT2D eigenvalue weighted by atomic mass is 10.1. The Balaban J connectivity index is 2.44. The van der Waals surface area contributed by atoms with E-state index in [1.807, 2.05) is 0 Å². The Hall–Kier alpha value is -2.41. The first kappa shape index (κ1) is 15.0. The maximum Gasteiger partial charge on any atom is 0.261 e. The lowest BCUT2D eigenvalue weighted by Crippen LogP contribution is -2.19. The van der Waals surface area contributed by atoms with Crippen LogP contribution in [-0.2, 0) is 10.0 Å². The molecule has 0 aliphatic rings. The van der Waals surface area contributed by atoms with Crippen molar-refractivity contribution >= 4 is 21.5 Å². The Kier molecular flexibility index (Phi) is 3.95. The molecule has 2 aromatic rings. The Morgan fingerprint density at radius 1 is 1.19 bits per heavy atom. The lowest BCUT2D eigenvalue weighted by Gasteiger charge is -2.13. The molecule has 0 atom stereocenters. The molecule has 0 heterocycles. The summed E-state index contributed by atoms with van der Waals surface area (Å²) in [5.41, 5.74) is 6.71. The number of nitrogen functional groups attached to an aromatic ring is 1. The van der Waals surface area contributed by atoms with Crippen LogP contribution in [0.15, 0.2) is 47.4 Å². The van der Waals surface area contributed by atoms with Crippen molar-refractivity contribution in [2.45, 2.75) is 11.8 Å². The van der Waals surface area contributed by atoms with Gasteiger partial charge >= 0.3 is 0 Å². The highest BCUT2D eigenvalue weighted by atomic mass is 32.2. The Morgan fingerprint density at radius 3 is 2.38 bits per heavy atom. The summed E-state index contributed by atoms with van der Waals surface area (Å²) >= 11 is 0. The SMILES string of the molecule is Cc1cccc(NS(=O)(=O)c2ccc(F)cc2)c1C(=N)N. The molecule has 110 valence electrons. The molecule has 21 heavy (non-hydrogen) atoms. The van der Waals surface area contributed by atoms with Gasteiger partial charge in [0.1, 0.15) is 11.7 Å². The fourth-order valence-electron chi connectivity index (χ4n) is 1.93. The lowest BCUT2D eigenvalue weighted by molar-refractivity contribution is 0.599. The number of hydrogen-bond donors (Lipinski definition) is 3. The number of anilines is 1. The molecule has 2 rings (SSSR count). The highest BCUT2D eigenvalue weighted by Crippen LogP contribution is 2.22. The number of benzene rings is 2. The zero-order chi connectivity index (χ0) is 15.6. The molecule has 0 aliphatic carbocycles. The third-order valence-corrected chi connectivity index (χ3v) is 4.29. The summed E-state index contributed by atoms with van der Waals surface area (Å²) in [4.78, 5) is -0.0695. The number of aryl methyl sites for hydroxylation is 1. The number of sulfonamides is 1. The van der Waals surface area contributed by atoms with Gasteiger partial charge in [-0.3, -0.25) is 10.1 Å². The molecule has 0 radical (unpaired) electrons. The van der Waals surface area contributed by atoms with Crippen molar-refractivity contribution in [3.63, 3.8) is 0 Å². The van der Waals surface area contributed by atoms with Crippen molar-refractivity contribution in [1.29, 1.82) is 5.41 Å². The molecule has 0 saturated carbocycles. The maximum absolute atomic E-state index is 12.9. The fourth-order valence-corrected chi connectivity index (χ4v) is 3.00. The minimum atomic E-state index is -3.87. The first-order valence-electron chi connectivity index (χ1n) is 6.03. The number of amidine groups is 1. The second-order valence-electron chi connectivity index (χ2n) is 4.47. The predicted molar refractivity (Wildman–Crippen MR) is 79.4 cm³/mol. The van der Waals surface area contributed by atoms with Gasteiger partial charge in [-0.1, -0.05) is 12.1 Å². The first-order chi connectivity index (χ1) is 9.81. The van der Waals surface area contributed by atoms with Gasteiger partial charge in [-0.25, -0.2) is 12.8 Å². The second-order valence-corrected chi connectivity index (χ2v) is 6.15. The van der Waals surface area contributed by atoms with Crippen LogP contribution in [0.1, 0.15) is 11.1 Å². The molecule has 0 aliphatic heterocycles. The number of nitrogens with one attached hydrogen (secondary N) is 2. The molecule has 5 nitrogen and oxygen atoms in total. The largest absolute Gasteiger partial charge is 0.384 e. The van der Waals surface area contributed by atoms with Crippen LogP contribution in [0.4, 0.5) is 10.1 Å². The van der Waals surface area contributed by atoms with E-state index in [1.54, 1.807) is 19.1 Å². The molecule has 0 aromatic heterocycles. The van der Waals surface area contributed by atoms with Gasteiger partial charge in [0, 0.05) is 5.56 Å². The van der Waals surface area contributed by atoms with E-state index in [-0.39, 0.29) is 16.4 Å². The topological polar surface area (TPSA) is 96.0 Å². The average Bonchev–Trinajstić information content (AvgIpc) is 2.38. The van der Waals surface area contributed by atoms with Crippen LogP contribution in [0.5, 0.6) is 0 Å². The van der Waals surface area contributed by atoms with Crippen LogP contribution in [0.2, 0.25) is 0 Å². The predicted octanol–water partition coefficient (Wildman–Crippen LogP) is 2.22. The zero-order valence-corrected chi connectivity index (χ0v) is 12.0. The van der Waals surface area contributed by atoms with E-state index in [2.05, 4.69) is 4.72 Å². The van der Waals surface area contributed by atoms with E-state index in [0.717, 1.165) is 12.1 Å². The Bertz CT molecular complexity index is 786. The summed E-state index contributed by atoms with van der Waals surface area (Å²) in [7, 11) is -3.87. The van der Waals surface area contributed by atoms with Crippen molar-refractivity contribution in [2.75, 3.05) is 4.72 Å². The molecule has 7 heteroatoms. The quantitative estimate of drug-likeness (QED) is 0.597. The number of rotatable bonds is 4.